The zero-order chi connectivity index (χ0) is 55.0. The molecule has 0 spiro atoms. The van der Waals surface area contributed by atoms with E-state index in [2.05, 4.69) is 0 Å². The molecule has 10 rings (SSSR count). The number of carbonyl (C=O) groups excluding carboxylic acids is 2. The average molecular weight is 1110 g/mol. The Hall–Kier alpha value is -4.98. The van der Waals surface area contributed by atoms with Crippen LogP contribution in [0.5, 0.6) is 0 Å². The molecule has 4 aromatic rings. The fourth-order valence-electron chi connectivity index (χ4n) is 13.3. The van der Waals surface area contributed by atoms with E-state index in [1.54, 1.807) is 36.4 Å². The quantitative estimate of drug-likeness (QED) is 0.171. The number of rotatable bonds is 8. The number of halogens is 10. The molecule has 2 unspecified atom stereocenters. The van der Waals surface area contributed by atoms with Crippen LogP contribution in [-0.4, -0.2) is 90.6 Å². The van der Waals surface area contributed by atoms with Crippen molar-refractivity contribution in [1.82, 2.24) is 9.80 Å². The molecule has 76 heavy (non-hydrogen) atoms. The molecule has 4 aromatic carbocycles. The molecule has 4 saturated heterocycles. The molecule has 4 fully saturated rings. The third kappa shape index (κ3) is 10.4. The molecule has 2 amide bonds. The molecule has 4 aliphatic heterocycles. The molecule has 2 N–H and O–H groups in total. The van der Waals surface area contributed by atoms with Gasteiger partial charge in [0.15, 0.2) is 0 Å². The maximum absolute atomic E-state index is 14.8. The van der Waals surface area contributed by atoms with Gasteiger partial charge in [-0.05, 0) is 160 Å². The van der Waals surface area contributed by atoms with Gasteiger partial charge in [-0.25, -0.2) is 26.0 Å². The molecular formula is C56H62F10N4O4S2. The number of hydrogen-bond donors (Lipinski definition) is 2. The van der Waals surface area contributed by atoms with Gasteiger partial charge in [-0.15, -0.1) is 0 Å². The van der Waals surface area contributed by atoms with Gasteiger partial charge in [0.05, 0.1) is 0 Å². The third-order valence-corrected chi connectivity index (χ3v) is 21.3. The van der Waals surface area contributed by atoms with Crippen molar-refractivity contribution in [1.29, 1.82) is 9.56 Å². The number of amides is 2. The lowest BCUT2D eigenvalue weighted by Gasteiger charge is -2.44. The number of benzene rings is 4. The van der Waals surface area contributed by atoms with Crippen LogP contribution in [0.1, 0.15) is 110 Å². The van der Waals surface area contributed by atoms with Crippen LogP contribution in [-0.2, 0) is 76.9 Å². The number of hydrogen-bond acceptors (Lipinski definition) is 6. The summed E-state index contributed by atoms with van der Waals surface area (Å²) in [6, 6.07) is 20.0. The minimum atomic E-state index is -5.05. The Morgan fingerprint density at radius 2 is 0.868 bits per heavy atom. The van der Waals surface area contributed by atoms with E-state index in [4.69, 9.17) is 9.56 Å². The summed E-state index contributed by atoms with van der Waals surface area (Å²) >= 11 is 0. The van der Waals surface area contributed by atoms with Crippen LogP contribution in [0, 0.1) is 33.0 Å². The molecule has 0 saturated carbocycles. The zero-order valence-electron chi connectivity index (χ0n) is 42.2. The van der Waals surface area contributed by atoms with Crippen LogP contribution < -0.4 is 0 Å². The van der Waals surface area contributed by atoms with Gasteiger partial charge >= 0.3 is 12.4 Å². The SMILES string of the molecule is CC(F)(c1ccc2c(c1)CC[C@H]1N(C(=O)C3CCS(=N)(=O)CC3)CC[C@@]21Cc1ccc(F)cc1)C(F)(F)F.CC(F)(c1ccc2c(c1)CC[C@H]1N(C(=O)C3CCS(=N)(=O)CC3)CC[C@@]21Cc1ccc(F)cc1)C(F)(F)F. The Balaban J connectivity index is 0.000000186. The van der Waals surface area contributed by atoms with E-state index in [-0.39, 0.29) is 70.4 Å². The van der Waals surface area contributed by atoms with Gasteiger partial charge in [-0.3, -0.25) is 19.1 Å². The number of nitrogens with one attached hydrogen (secondary N) is 2. The zero-order valence-corrected chi connectivity index (χ0v) is 43.9. The molecule has 8 nitrogen and oxygen atoms in total. The highest BCUT2D eigenvalue weighted by molar-refractivity contribution is 7.92. The van der Waals surface area contributed by atoms with Crippen LogP contribution >= 0.6 is 0 Å². The number of carbonyl (C=O) groups is 2. The van der Waals surface area contributed by atoms with E-state index in [1.807, 2.05) is 9.80 Å². The maximum Gasteiger partial charge on any atom is 0.426 e. The standard InChI is InChI=1S/2C28H31F5N2O2S/c2*1-26(30,28(31,32)33)21-5-8-23-20(16-21)4-9-24-27(23,17-18-2-6-22(29)7-3-18)12-13-35(24)25(36)19-10-14-38(34,37)15-11-19/h2*2-3,5-8,16,19,24,34H,4,9-15,17H2,1H3/t2*19?,24-,26?,27-,38?/m11/s1. The smallest absolute Gasteiger partial charge is 0.339 e. The molecule has 20 heteroatoms. The first-order valence-electron chi connectivity index (χ1n) is 25.8. The molecule has 0 aromatic heterocycles. The van der Waals surface area contributed by atoms with Crippen LogP contribution in [0.3, 0.4) is 0 Å². The number of nitrogens with zero attached hydrogens (tertiary/aromatic N) is 2. The number of likely N-dealkylation sites (tertiary alicyclic amines) is 2. The third-order valence-electron chi connectivity index (χ3n) is 17.7. The first kappa shape index (κ1) is 55.8. The summed E-state index contributed by atoms with van der Waals surface area (Å²) in [6.45, 7) is 1.98. The van der Waals surface area contributed by atoms with Crippen molar-refractivity contribution in [2.75, 3.05) is 36.1 Å². The highest BCUT2D eigenvalue weighted by Gasteiger charge is 2.58. The minimum absolute atomic E-state index is 0.0284. The van der Waals surface area contributed by atoms with Crippen molar-refractivity contribution in [2.24, 2.45) is 11.8 Å². The molecule has 6 atom stereocenters. The Labute approximate surface area is 437 Å². The van der Waals surface area contributed by atoms with Crippen molar-refractivity contribution in [3.8, 4) is 0 Å². The number of fused-ring (bicyclic) bond motifs is 6. The molecule has 0 bridgehead atoms. The van der Waals surface area contributed by atoms with E-state index >= 15 is 0 Å². The Morgan fingerprint density at radius 3 is 1.18 bits per heavy atom. The first-order chi connectivity index (χ1) is 35.5. The molecular weight excluding hydrogens is 1050 g/mol. The Morgan fingerprint density at radius 1 is 0.539 bits per heavy atom. The topological polar surface area (TPSA) is 122 Å². The maximum atomic E-state index is 14.8. The van der Waals surface area contributed by atoms with E-state index < -0.39 is 65.1 Å². The van der Waals surface area contributed by atoms with Crippen LogP contribution in [0.4, 0.5) is 43.9 Å². The summed E-state index contributed by atoms with van der Waals surface area (Å²) in [5, 5.41) is 0. The Bertz CT molecular complexity index is 2860. The summed E-state index contributed by atoms with van der Waals surface area (Å²) in [5.41, 5.74) is -4.45. The molecule has 2 aliphatic carbocycles. The van der Waals surface area contributed by atoms with Gasteiger partial charge in [-0.2, -0.15) is 26.3 Å². The van der Waals surface area contributed by atoms with Crippen molar-refractivity contribution < 1.29 is 61.9 Å². The van der Waals surface area contributed by atoms with E-state index in [0.717, 1.165) is 22.3 Å². The van der Waals surface area contributed by atoms with Crippen molar-refractivity contribution >= 4 is 31.3 Å². The van der Waals surface area contributed by atoms with Gasteiger partial charge in [0.2, 0.25) is 23.2 Å². The summed E-state index contributed by atoms with van der Waals surface area (Å²) in [4.78, 5) is 31.1. The number of aryl methyl sites for hydroxylation is 2. The van der Waals surface area contributed by atoms with Crippen LogP contribution in [0.15, 0.2) is 84.9 Å². The van der Waals surface area contributed by atoms with Gasteiger partial charge in [-0.1, -0.05) is 60.7 Å². The lowest BCUT2D eigenvalue weighted by molar-refractivity contribution is -0.229. The fourth-order valence-corrected chi connectivity index (χ4v) is 16.4. The Kier molecular flexibility index (Phi) is 14.7. The van der Waals surface area contributed by atoms with Crippen molar-refractivity contribution in [2.45, 2.75) is 138 Å². The van der Waals surface area contributed by atoms with Crippen LogP contribution in [0.2, 0.25) is 0 Å². The van der Waals surface area contributed by atoms with E-state index in [0.29, 0.717) is 115 Å². The van der Waals surface area contributed by atoms with Crippen LogP contribution in [0.25, 0.3) is 0 Å². The second kappa shape index (κ2) is 20.0. The lowest BCUT2D eigenvalue weighted by Crippen LogP contribution is -2.51. The molecule has 4 heterocycles. The average Bonchev–Trinajstić information content (AvgIpc) is 4.06. The summed E-state index contributed by atoms with van der Waals surface area (Å²) < 4.78 is 178. The van der Waals surface area contributed by atoms with Crippen molar-refractivity contribution in [3.63, 3.8) is 0 Å². The molecule has 412 valence electrons. The molecule has 6 aliphatic rings. The van der Waals surface area contributed by atoms with Gasteiger partial charge in [0, 0.05) is 90.3 Å². The molecule has 0 radical (unpaired) electrons. The predicted molar refractivity (Wildman–Crippen MR) is 269 cm³/mol. The largest absolute Gasteiger partial charge is 0.426 e. The first-order valence-corrected chi connectivity index (χ1v) is 29.6. The van der Waals surface area contributed by atoms with E-state index in [9.17, 15) is 61.9 Å². The summed E-state index contributed by atoms with van der Waals surface area (Å²) in [7, 11) is -5.26. The normalized spacial score (nSPS) is 30.8. The second-order valence-corrected chi connectivity index (χ2v) is 27.2. The minimum Gasteiger partial charge on any atom is -0.339 e. The summed E-state index contributed by atoms with van der Waals surface area (Å²) in [6.07, 6.45) is -4.58. The highest BCUT2D eigenvalue weighted by atomic mass is 32.2. The van der Waals surface area contributed by atoms with Gasteiger partial charge in [0.25, 0.3) is 0 Å². The fraction of sp³-hybridized carbons (Fsp3) is 0.536. The van der Waals surface area contributed by atoms with Crippen molar-refractivity contribution in [3.05, 3.63) is 141 Å². The lowest BCUT2D eigenvalue weighted by atomic mass is 9.63. The number of alkyl halides is 8. The van der Waals surface area contributed by atoms with Gasteiger partial charge < -0.3 is 9.80 Å². The predicted octanol–water partition coefficient (Wildman–Crippen LogP) is 12.1. The van der Waals surface area contributed by atoms with E-state index in [1.165, 1.54) is 48.5 Å². The monoisotopic (exact) mass is 1110 g/mol. The highest BCUT2D eigenvalue weighted by Crippen LogP contribution is 2.54. The van der Waals surface area contributed by atoms with Gasteiger partial charge in [0.1, 0.15) is 11.6 Å². The summed E-state index contributed by atoms with van der Waals surface area (Å²) in [5.74, 6) is -0.609. The second-order valence-electron chi connectivity index (χ2n) is 22.3.